The number of carboxylic acid groups (broad SMARTS) is 1. The van der Waals surface area contributed by atoms with Crippen molar-refractivity contribution in [1.29, 1.82) is 0 Å². The van der Waals surface area contributed by atoms with E-state index in [1.165, 1.54) is 0 Å². The van der Waals surface area contributed by atoms with Crippen LogP contribution in [0.3, 0.4) is 0 Å². The monoisotopic (exact) mass is 272 g/mol. The van der Waals surface area contributed by atoms with Crippen LogP contribution < -0.4 is 0 Å². The first-order valence-electron chi connectivity index (χ1n) is 6.37. The maximum absolute atomic E-state index is 11.7. The van der Waals surface area contributed by atoms with Gasteiger partial charge in [-0.1, -0.05) is 32.0 Å². The zero-order chi connectivity index (χ0) is 14.7. The number of nitrogens with one attached hydrogen (secondary N) is 1. The lowest BCUT2D eigenvalue weighted by atomic mass is 10.0. The molecule has 0 fully saturated rings. The molecule has 0 spiro atoms. The molecule has 0 radical (unpaired) electrons. The summed E-state index contributed by atoms with van der Waals surface area (Å²) in [6.45, 7) is 4.07. The molecule has 1 aromatic carbocycles. The van der Waals surface area contributed by atoms with Gasteiger partial charge in [-0.25, -0.2) is 4.98 Å². The van der Waals surface area contributed by atoms with E-state index in [9.17, 15) is 9.59 Å². The van der Waals surface area contributed by atoms with Crippen LogP contribution in [0.5, 0.6) is 0 Å². The summed E-state index contributed by atoms with van der Waals surface area (Å²) in [5.74, 6) is -0.352. The minimum atomic E-state index is -1.12. The molecule has 0 aliphatic carbocycles. The minimum absolute atomic E-state index is 0.292. The third kappa shape index (κ3) is 3.12. The van der Waals surface area contributed by atoms with Crippen LogP contribution in [-0.2, 0) is 4.79 Å². The molecule has 0 unspecified atom stereocenters. The fraction of sp³-hybridized carbons (Fsp3) is 0.267. The van der Waals surface area contributed by atoms with Gasteiger partial charge < -0.3 is 10.1 Å². The van der Waals surface area contributed by atoms with Crippen molar-refractivity contribution in [2.24, 2.45) is 0 Å². The van der Waals surface area contributed by atoms with Crippen molar-refractivity contribution in [3.63, 3.8) is 0 Å². The predicted molar refractivity (Wildman–Crippen MR) is 74.7 cm³/mol. The number of ketones is 1. The first-order valence-corrected chi connectivity index (χ1v) is 6.37. The topological polar surface area (TPSA) is 83.1 Å². The highest BCUT2D eigenvalue weighted by Crippen LogP contribution is 2.21. The van der Waals surface area contributed by atoms with Crippen molar-refractivity contribution < 1.29 is 14.7 Å². The van der Waals surface area contributed by atoms with Crippen LogP contribution in [0.4, 0.5) is 0 Å². The number of benzene rings is 1. The van der Waals surface area contributed by atoms with Crippen molar-refractivity contribution in [3.05, 3.63) is 41.9 Å². The molecule has 104 valence electrons. The normalized spacial score (nSPS) is 10.8. The molecule has 0 aliphatic heterocycles. The average molecular weight is 272 g/mol. The first-order chi connectivity index (χ1) is 9.47. The number of nitrogens with zero attached hydrogens (tertiary/aromatic N) is 1. The number of imidazole rings is 1. The van der Waals surface area contributed by atoms with Crippen LogP contribution in [0.25, 0.3) is 11.3 Å². The molecule has 0 amide bonds. The molecular formula is C15H16N2O3. The van der Waals surface area contributed by atoms with Crippen molar-refractivity contribution in [2.75, 3.05) is 0 Å². The fourth-order valence-electron chi connectivity index (χ4n) is 1.88. The molecule has 0 bridgehead atoms. The van der Waals surface area contributed by atoms with E-state index in [0.717, 1.165) is 17.1 Å². The third-order valence-electron chi connectivity index (χ3n) is 2.95. The Balaban J connectivity index is 2.29. The van der Waals surface area contributed by atoms with E-state index in [0.29, 0.717) is 11.5 Å². The second-order valence-electron chi connectivity index (χ2n) is 4.91. The Bertz CT molecular complexity index is 644. The van der Waals surface area contributed by atoms with Crippen LogP contribution in [0.2, 0.25) is 0 Å². The second-order valence-corrected chi connectivity index (χ2v) is 4.91. The molecule has 2 N–H and O–H groups in total. The largest absolute Gasteiger partial charge is 0.481 e. The molecule has 2 rings (SSSR count). The summed E-state index contributed by atoms with van der Waals surface area (Å²) in [5.41, 5.74) is 2.03. The highest BCUT2D eigenvalue weighted by atomic mass is 16.4. The number of aliphatic carboxylic acids is 1. The van der Waals surface area contributed by atoms with Gasteiger partial charge in [0.25, 0.3) is 0 Å². The SMILES string of the molecule is CC(C)c1ncc(-c2cccc(C(=O)CC(=O)O)c2)[nH]1. The van der Waals surface area contributed by atoms with Gasteiger partial charge in [-0.2, -0.15) is 0 Å². The molecule has 5 heteroatoms. The van der Waals surface area contributed by atoms with Gasteiger partial charge in [0, 0.05) is 17.0 Å². The van der Waals surface area contributed by atoms with Crippen LogP contribution >= 0.6 is 0 Å². The first kappa shape index (κ1) is 14.0. The van der Waals surface area contributed by atoms with E-state index in [-0.39, 0.29) is 0 Å². The number of rotatable bonds is 5. The maximum Gasteiger partial charge on any atom is 0.311 e. The molecule has 5 nitrogen and oxygen atoms in total. The zero-order valence-electron chi connectivity index (χ0n) is 11.4. The van der Waals surface area contributed by atoms with Crippen LogP contribution in [-0.4, -0.2) is 26.8 Å². The molecule has 0 aliphatic rings. The van der Waals surface area contributed by atoms with E-state index in [4.69, 9.17) is 5.11 Å². The molecule has 0 saturated carbocycles. The number of H-pyrrole nitrogens is 1. The Labute approximate surface area is 116 Å². The molecule has 0 saturated heterocycles. The van der Waals surface area contributed by atoms with Gasteiger partial charge >= 0.3 is 5.97 Å². The number of carbonyl (C=O) groups excluding carboxylic acids is 1. The predicted octanol–water partition coefficient (Wildman–Crippen LogP) is 2.86. The summed E-state index contributed by atoms with van der Waals surface area (Å²) < 4.78 is 0. The van der Waals surface area contributed by atoms with Gasteiger partial charge in [0.15, 0.2) is 5.78 Å². The summed E-state index contributed by atoms with van der Waals surface area (Å²) in [6, 6.07) is 6.90. The smallest absolute Gasteiger partial charge is 0.311 e. The Morgan fingerprint density at radius 1 is 1.35 bits per heavy atom. The lowest BCUT2D eigenvalue weighted by molar-refractivity contribution is -0.135. The quantitative estimate of drug-likeness (QED) is 0.647. The molecule has 20 heavy (non-hydrogen) atoms. The number of hydrogen-bond acceptors (Lipinski definition) is 3. The van der Waals surface area contributed by atoms with E-state index in [2.05, 4.69) is 9.97 Å². The highest BCUT2D eigenvalue weighted by molar-refractivity contribution is 6.06. The van der Waals surface area contributed by atoms with Gasteiger partial charge in [-0.15, -0.1) is 0 Å². The van der Waals surface area contributed by atoms with Crippen molar-refractivity contribution in [3.8, 4) is 11.3 Å². The highest BCUT2D eigenvalue weighted by Gasteiger charge is 2.12. The summed E-state index contributed by atoms with van der Waals surface area (Å²) in [7, 11) is 0. The van der Waals surface area contributed by atoms with Gasteiger partial charge in [-0.3, -0.25) is 9.59 Å². The van der Waals surface area contributed by atoms with E-state index >= 15 is 0 Å². The molecule has 1 aromatic heterocycles. The molecule has 1 heterocycles. The second kappa shape index (κ2) is 5.69. The van der Waals surface area contributed by atoms with Gasteiger partial charge in [-0.05, 0) is 6.07 Å². The number of hydrogen-bond donors (Lipinski definition) is 2. The van der Waals surface area contributed by atoms with Crippen molar-refractivity contribution in [2.45, 2.75) is 26.2 Å². The van der Waals surface area contributed by atoms with Gasteiger partial charge in [0.05, 0.1) is 11.9 Å². The number of Topliss-reactive ketones (excluding diaryl/α,β-unsaturated/α-hetero) is 1. The zero-order valence-corrected chi connectivity index (χ0v) is 11.4. The van der Waals surface area contributed by atoms with Crippen LogP contribution in [0.1, 0.15) is 42.4 Å². The Morgan fingerprint density at radius 3 is 2.70 bits per heavy atom. The summed E-state index contributed by atoms with van der Waals surface area (Å²) in [6.07, 6.45) is 1.22. The van der Waals surface area contributed by atoms with E-state index < -0.39 is 18.2 Å². The molecule has 2 aromatic rings. The average Bonchev–Trinajstić information content (AvgIpc) is 2.88. The number of aromatic amines is 1. The Morgan fingerprint density at radius 2 is 2.10 bits per heavy atom. The number of carboxylic acids is 1. The van der Waals surface area contributed by atoms with E-state index in [1.54, 1.807) is 24.4 Å². The van der Waals surface area contributed by atoms with Gasteiger partial charge in [0.2, 0.25) is 0 Å². The Kier molecular flexibility index (Phi) is 3.98. The standard InChI is InChI=1S/C15H16N2O3/c1-9(2)15-16-8-12(17-15)10-4-3-5-11(6-10)13(18)7-14(19)20/h3-6,8-9H,7H2,1-2H3,(H,16,17)(H,19,20). The summed E-state index contributed by atoms with van der Waals surface area (Å²) >= 11 is 0. The summed E-state index contributed by atoms with van der Waals surface area (Å²) in [5, 5.41) is 8.66. The third-order valence-corrected chi connectivity index (χ3v) is 2.95. The summed E-state index contributed by atoms with van der Waals surface area (Å²) in [4.78, 5) is 29.8. The molecule has 0 atom stereocenters. The number of aromatic nitrogens is 2. The Hall–Kier alpha value is -2.43. The minimum Gasteiger partial charge on any atom is -0.481 e. The van der Waals surface area contributed by atoms with Crippen molar-refractivity contribution in [1.82, 2.24) is 9.97 Å². The lowest BCUT2D eigenvalue weighted by Gasteiger charge is -2.02. The van der Waals surface area contributed by atoms with Gasteiger partial charge in [0.1, 0.15) is 12.2 Å². The van der Waals surface area contributed by atoms with Crippen molar-refractivity contribution >= 4 is 11.8 Å². The number of carbonyl (C=O) groups is 2. The maximum atomic E-state index is 11.7. The van der Waals surface area contributed by atoms with Crippen LogP contribution in [0.15, 0.2) is 30.5 Å². The van der Waals surface area contributed by atoms with Crippen LogP contribution in [0, 0.1) is 0 Å². The lowest BCUT2D eigenvalue weighted by Crippen LogP contribution is -2.06. The van der Waals surface area contributed by atoms with E-state index in [1.807, 2.05) is 19.9 Å². The fourth-order valence-corrected chi connectivity index (χ4v) is 1.88. The molecular weight excluding hydrogens is 256 g/mol.